The van der Waals surface area contributed by atoms with Crippen LogP contribution in [-0.4, -0.2) is 37.9 Å². The van der Waals surface area contributed by atoms with Gasteiger partial charge in [0.2, 0.25) is 10.0 Å². The largest absolute Gasteiger partial charge is 0.346 e. The van der Waals surface area contributed by atoms with Crippen LogP contribution < -0.4 is 5.32 Å². The van der Waals surface area contributed by atoms with Crippen LogP contribution in [0.4, 0.5) is 0 Å². The fraction of sp³-hybridized carbons (Fsp3) is 0.692. The van der Waals surface area contributed by atoms with Crippen molar-refractivity contribution in [2.24, 2.45) is 0 Å². The Labute approximate surface area is 115 Å². The quantitative estimate of drug-likeness (QED) is 0.827. The zero-order valence-corrected chi connectivity index (χ0v) is 12.7. The first-order valence-electron chi connectivity index (χ1n) is 6.82. The normalized spacial score (nSPS) is 16.2. The molecule has 0 unspecified atom stereocenters. The predicted molar refractivity (Wildman–Crippen MR) is 75.6 cm³/mol. The van der Waals surface area contributed by atoms with Gasteiger partial charge in [-0.15, -0.1) is 0 Å². The number of hydrogen-bond acceptors (Lipinski definition) is 3. The maximum atomic E-state index is 12.4. The Hall–Kier alpha value is -0.850. The van der Waals surface area contributed by atoms with Gasteiger partial charge in [0, 0.05) is 38.1 Å². The highest BCUT2D eigenvalue weighted by molar-refractivity contribution is 7.89. The van der Waals surface area contributed by atoms with Crippen molar-refractivity contribution < 1.29 is 8.42 Å². The average molecular weight is 285 g/mol. The van der Waals surface area contributed by atoms with E-state index in [9.17, 15) is 8.42 Å². The summed E-state index contributed by atoms with van der Waals surface area (Å²) in [4.78, 5) is 0.417. The molecule has 0 aliphatic heterocycles. The minimum atomic E-state index is -3.34. The summed E-state index contributed by atoms with van der Waals surface area (Å²) < 4.78 is 28.4. The van der Waals surface area contributed by atoms with Crippen LogP contribution in [0.2, 0.25) is 0 Å². The van der Waals surface area contributed by atoms with Crippen molar-refractivity contribution in [2.75, 3.05) is 20.6 Å². The van der Waals surface area contributed by atoms with Gasteiger partial charge in [0.05, 0.1) is 0 Å². The molecule has 0 radical (unpaired) electrons. The van der Waals surface area contributed by atoms with Gasteiger partial charge in [-0.25, -0.2) is 12.7 Å². The van der Waals surface area contributed by atoms with Crippen LogP contribution in [-0.2, 0) is 16.6 Å². The van der Waals surface area contributed by atoms with Gasteiger partial charge in [-0.2, -0.15) is 0 Å². The minimum Gasteiger partial charge on any atom is -0.346 e. The molecule has 0 atom stereocenters. The van der Waals surface area contributed by atoms with E-state index in [1.807, 2.05) is 14.0 Å². The second kappa shape index (κ2) is 5.64. The molecule has 2 rings (SSSR count). The highest BCUT2D eigenvalue weighted by Gasteiger charge is 2.29. The van der Waals surface area contributed by atoms with Crippen LogP contribution in [0.3, 0.4) is 0 Å². The van der Waals surface area contributed by atoms with E-state index in [1.54, 1.807) is 19.3 Å². The first kappa shape index (κ1) is 14.6. The Bertz CT molecular complexity index is 532. The summed E-state index contributed by atoms with van der Waals surface area (Å²) in [6.45, 7) is 3.23. The molecular formula is C13H23N3O2S. The van der Waals surface area contributed by atoms with Crippen molar-refractivity contribution in [3.63, 3.8) is 0 Å². The van der Waals surface area contributed by atoms with Crippen LogP contribution in [0.15, 0.2) is 17.2 Å². The van der Waals surface area contributed by atoms with Crippen molar-refractivity contribution in [3.05, 3.63) is 18.0 Å². The van der Waals surface area contributed by atoms with Gasteiger partial charge >= 0.3 is 0 Å². The molecule has 1 aliphatic carbocycles. The number of nitrogens with one attached hydrogen (secondary N) is 1. The van der Waals surface area contributed by atoms with Crippen LogP contribution in [0, 0.1) is 0 Å². The molecule has 0 amide bonds. The lowest BCUT2D eigenvalue weighted by atomic mass is 10.4. The Kier molecular flexibility index (Phi) is 4.32. The standard InChI is InChI=1S/C13H23N3O2S/c1-4-7-15(3)19(17,18)13-8-12(9-14-2)16(10-13)11-5-6-11/h8,10-11,14H,4-7,9H2,1-3H3. The molecule has 0 aromatic carbocycles. The lowest BCUT2D eigenvalue weighted by Crippen LogP contribution is -2.27. The SMILES string of the molecule is CCCN(C)S(=O)(=O)c1cc(CNC)n(C2CC2)c1. The molecule has 6 heteroatoms. The van der Waals surface area contributed by atoms with E-state index >= 15 is 0 Å². The summed E-state index contributed by atoms with van der Waals surface area (Å²) >= 11 is 0. The second-order valence-corrected chi connectivity index (χ2v) is 7.21. The van der Waals surface area contributed by atoms with Crippen LogP contribution in [0.5, 0.6) is 0 Å². The average Bonchev–Trinajstić information content (AvgIpc) is 3.11. The number of rotatable bonds is 7. The van der Waals surface area contributed by atoms with E-state index in [0.29, 0.717) is 24.0 Å². The molecule has 1 fully saturated rings. The fourth-order valence-corrected chi connectivity index (χ4v) is 3.58. The molecule has 1 heterocycles. The Balaban J connectivity index is 2.31. The lowest BCUT2D eigenvalue weighted by molar-refractivity contribution is 0.468. The molecule has 19 heavy (non-hydrogen) atoms. The predicted octanol–water partition coefficient (Wildman–Crippen LogP) is 1.57. The summed E-state index contributed by atoms with van der Waals surface area (Å²) in [5, 5.41) is 3.10. The van der Waals surface area contributed by atoms with Gasteiger partial charge in [0.15, 0.2) is 0 Å². The highest BCUT2D eigenvalue weighted by Crippen LogP contribution is 2.37. The summed E-state index contributed by atoms with van der Waals surface area (Å²) in [6.07, 6.45) is 4.92. The van der Waals surface area contributed by atoms with Gasteiger partial charge in [-0.1, -0.05) is 6.92 Å². The third kappa shape index (κ3) is 3.01. The molecule has 1 aromatic rings. The topological polar surface area (TPSA) is 54.3 Å². The fourth-order valence-electron chi connectivity index (χ4n) is 2.27. The molecule has 0 bridgehead atoms. The third-order valence-corrected chi connectivity index (χ3v) is 5.27. The van der Waals surface area contributed by atoms with Gasteiger partial charge in [-0.3, -0.25) is 0 Å². The molecule has 1 aliphatic rings. The van der Waals surface area contributed by atoms with Crippen molar-refractivity contribution in [1.82, 2.24) is 14.2 Å². The summed E-state index contributed by atoms with van der Waals surface area (Å²) in [5.41, 5.74) is 1.05. The van der Waals surface area contributed by atoms with E-state index in [-0.39, 0.29) is 0 Å². The maximum absolute atomic E-state index is 12.4. The van der Waals surface area contributed by atoms with E-state index in [1.165, 1.54) is 4.31 Å². The van der Waals surface area contributed by atoms with Crippen molar-refractivity contribution in [2.45, 2.75) is 43.7 Å². The van der Waals surface area contributed by atoms with Gasteiger partial charge in [0.25, 0.3) is 0 Å². The first-order chi connectivity index (χ1) is 9.00. The summed E-state index contributed by atoms with van der Waals surface area (Å²) in [7, 11) is 0.178. The lowest BCUT2D eigenvalue weighted by Gasteiger charge is -2.14. The first-order valence-corrected chi connectivity index (χ1v) is 8.26. The number of hydrogen-bond donors (Lipinski definition) is 1. The molecule has 1 N–H and O–H groups in total. The zero-order chi connectivity index (χ0) is 14.0. The number of aromatic nitrogens is 1. The Morgan fingerprint density at radius 1 is 1.47 bits per heavy atom. The maximum Gasteiger partial charge on any atom is 0.244 e. The minimum absolute atomic E-state index is 0.417. The second-order valence-electron chi connectivity index (χ2n) is 5.16. The van der Waals surface area contributed by atoms with Gasteiger partial charge < -0.3 is 9.88 Å². The van der Waals surface area contributed by atoms with E-state index in [0.717, 1.165) is 25.0 Å². The van der Waals surface area contributed by atoms with Crippen LogP contribution in [0.1, 0.15) is 37.9 Å². The molecule has 0 saturated heterocycles. The molecule has 1 aromatic heterocycles. The number of sulfonamides is 1. The van der Waals surface area contributed by atoms with E-state index in [4.69, 9.17) is 0 Å². The molecule has 5 nitrogen and oxygen atoms in total. The van der Waals surface area contributed by atoms with E-state index in [2.05, 4.69) is 9.88 Å². The molecule has 108 valence electrons. The summed E-state index contributed by atoms with van der Waals surface area (Å²) in [5.74, 6) is 0. The number of nitrogens with zero attached hydrogens (tertiary/aromatic N) is 2. The van der Waals surface area contributed by atoms with Gasteiger partial charge in [0.1, 0.15) is 4.90 Å². The highest BCUT2D eigenvalue weighted by atomic mass is 32.2. The molecular weight excluding hydrogens is 262 g/mol. The molecule has 1 saturated carbocycles. The third-order valence-electron chi connectivity index (χ3n) is 3.45. The van der Waals surface area contributed by atoms with Crippen LogP contribution in [0.25, 0.3) is 0 Å². The van der Waals surface area contributed by atoms with Crippen molar-refractivity contribution in [1.29, 1.82) is 0 Å². The van der Waals surface area contributed by atoms with Gasteiger partial charge in [-0.05, 0) is 32.4 Å². The Morgan fingerprint density at radius 2 is 2.16 bits per heavy atom. The summed E-state index contributed by atoms with van der Waals surface area (Å²) in [6, 6.07) is 2.29. The Morgan fingerprint density at radius 3 is 2.68 bits per heavy atom. The van der Waals surface area contributed by atoms with E-state index < -0.39 is 10.0 Å². The smallest absolute Gasteiger partial charge is 0.244 e. The monoisotopic (exact) mass is 285 g/mol. The zero-order valence-electron chi connectivity index (χ0n) is 11.9. The molecule has 0 spiro atoms. The van der Waals surface area contributed by atoms with Crippen molar-refractivity contribution >= 4 is 10.0 Å². The van der Waals surface area contributed by atoms with Crippen molar-refractivity contribution in [3.8, 4) is 0 Å². The van der Waals surface area contributed by atoms with Crippen LogP contribution >= 0.6 is 0 Å².